The monoisotopic (exact) mass is 527 g/mol. The topological polar surface area (TPSA) is 81.6 Å². The minimum absolute atomic E-state index is 0.0577. The van der Waals surface area contributed by atoms with E-state index < -0.39 is 20.0 Å². The largest absolute Gasteiger partial charge is 0.412 e. The van der Waals surface area contributed by atoms with Gasteiger partial charge in [-0.25, -0.2) is 9.87 Å². The molecule has 1 amide bonds. The molecule has 0 aliphatic rings. The van der Waals surface area contributed by atoms with Crippen molar-refractivity contribution in [3.8, 4) is 0 Å². The lowest BCUT2D eigenvalue weighted by Crippen LogP contribution is -2.44. The Morgan fingerprint density at radius 3 is 2.50 bits per heavy atom. The predicted octanol–water partition coefficient (Wildman–Crippen LogP) is 5.10. The summed E-state index contributed by atoms with van der Waals surface area (Å²) >= 11 is 3.20. The average molecular weight is 528 g/mol. The van der Waals surface area contributed by atoms with Crippen LogP contribution < -0.4 is 16.4 Å². The Balaban J connectivity index is 2.12. The van der Waals surface area contributed by atoms with Crippen molar-refractivity contribution in [3.63, 3.8) is 0 Å². The van der Waals surface area contributed by atoms with Gasteiger partial charge < -0.3 is 9.74 Å². The average Bonchev–Trinajstić information content (AvgIpc) is 2.66. The van der Waals surface area contributed by atoms with Crippen LogP contribution in [-0.2, 0) is 16.3 Å². The molecule has 2 aromatic rings. The van der Waals surface area contributed by atoms with E-state index in [1.165, 1.54) is 35.9 Å². The van der Waals surface area contributed by atoms with Crippen molar-refractivity contribution < 1.29 is 18.4 Å². The second-order valence-electron chi connectivity index (χ2n) is 9.17. The molecule has 0 saturated heterocycles. The molecule has 0 bridgehead atoms. The number of carbonyl (C=O) groups excluding carboxylic acids is 1. The van der Waals surface area contributed by atoms with Crippen molar-refractivity contribution in [2.24, 2.45) is 7.05 Å². The normalized spacial score (nSPS) is 13.0. The number of anilines is 2. The standard InChI is InChI=1S/C22H31BrFN3O4Si/c1-14(31-32(6,7)22(2,3)4)13-30-26-21(29)16-9-11-19(28)27(5)20(16)25-18-10-8-15(23)12-17(18)24/h8-12,14,25H,13H2,1-7H3,(H,26,29). The minimum atomic E-state index is -1.96. The predicted molar refractivity (Wildman–Crippen MR) is 130 cm³/mol. The number of halogens is 2. The molecular weight excluding hydrogens is 497 g/mol. The van der Waals surface area contributed by atoms with Gasteiger partial charge in [-0.2, -0.15) is 0 Å². The fourth-order valence-corrected chi connectivity index (χ4v) is 4.44. The van der Waals surface area contributed by atoms with Gasteiger partial charge in [-0.3, -0.25) is 19.0 Å². The zero-order chi connectivity index (χ0) is 24.3. The molecule has 1 unspecified atom stereocenters. The molecule has 2 rings (SSSR count). The summed E-state index contributed by atoms with van der Waals surface area (Å²) in [5.41, 5.74) is 2.30. The first kappa shape index (κ1) is 26.2. The molecule has 1 aromatic carbocycles. The van der Waals surface area contributed by atoms with Crippen LogP contribution in [0.4, 0.5) is 15.9 Å². The van der Waals surface area contributed by atoms with Crippen molar-refractivity contribution in [3.05, 3.63) is 56.5 Å². The van der Waals surface area contributed by atoms with E-state index in [-0.39, 0.29) is 40.4 Å². The number of hydrogen-bond acceptors (Lipinski definition) is 5. The van der Waals surface area contributed by atoms with Crippen LogP contribution in [0.3, 0.4) is 0 Å². The summed E-state index contributed by atoms with van der Waals surface area (Å²) in [5, 5.41) is 2.89. The van der Waals surface area contributed by atoms with Gasteiger partial charge in [0.1, 0.15) is 11.6 Å². The highest BCUT2D eigenvalue weighted by Gasteiger charge is 2.38. The summed E-state index contributed by atoms with van der Waals surface area (Å²) in [4.78, 5) is 30.3. The number of carbonyl (C=O) groups is 1. The number of nitrogens with one attached hydrogen (secondary N) is 2. The lowest BCUT2D eigenvalue weighted by atomic mass is 10.2. The summed E-state index contributed by atoms with van der Waals surface area (Å²) in [6.07, 6.45) is -0.217. The lowest BCUT2D eigenvalue weighted by molar-refractivity contribution is -0.00343. The molecule has 1 heterocycles. The number of amides is 1. The van der Waals surface area contributed by atoms with E-state index in [0.29, 0.717) is 4.47 Å². The van der Waals surface area contributed by atoms with Gasteiger partial charge in [-0.05, 0) is 49.3 Å². The van der Waals surface area contributed by atoms with E-state index in [1.807, 2.05) is 6.92 Å². The quantitative estimate of drug-likeness (QED) is 0.368. The Morgan fingerprint density at radius 2 is 1.91 bits per heavy atom. The van der Waals surface area contributed by atoms with Crippen molar-refractivity contribution in [2.45, 2.75) is 51.9 Å². The molecule has 0 aliphatic heterocycles. The van der Waals surface area contributed by atoms with Gasteiger partial charge in [0.25, 0.3) is 11.5 Å². The van der Waals surface area contributed by atoms with E-state index in [4.69, 9.17) is 9.26 Å². The molecule has 32 heavy (non-hydrogen) atoms. The number of aromatic nitrogens is 1. The first-order chi connectivity index (χ1) is 14.7. The first-order valence-corrected chi connectivity index (χ1v) is 13.9. The molecule has 176 valence electrons. The third-order valence-electron chi connectivity index (χ3n) is 5.53. The molecule has 0 aliphatic carbocycles. The SMILES string of the molecule is CC(CONC(=O)c1ccc(=O)n(C)c1Nc1ccc(Br)cc1F)O[Si](C)(C)C(C)(C)C. The van der Waals surface area contributed by atoms with Crippen molar-refractivity contribution in [2.75, 3.05) is 11.9 Å². The van der Waals surface area contributed by atoms with Crippen LogP contribution in [0.15, 0.2) is 39.6 Å². The second kappa shape index (κ2) is 10.3. The van der Waals surface area contributed by atoms with Crippen molar-refractivity contribution in [1.82, 2.24) is 10.0 Å². The Hall–Kier alpha value is -2.01. The van der Waals surface area contributed by atoms with Gasteiger partial charge in [0.15, 0.2) is 8.32 Å². The minimum Gasteiger partial charge on any atom is -0.412 e. The fourth-order valence-electron chi connectivity index (χ4n) is 2.68. The zero-order valence-electron chi connectivity index (χ0n) is 19.5. The Bertz CT molecular complexity index is 1040. The molecule has 0 saturated carbocycles. The van der Waals surface area contributed by atoms with E-state index in [0.717, 1.165) is 0 Å². The fraction of sp³-hybridized carbons (Fsp3) is 0.455. The number of pyridine rings is 1. The molecule has 7 nitrogen and oxygen atoms in total. The van der Waals surface area contributed by atoms with Gasteiger partial charge in [0.05, 0.1) is 24.0 Å². The summed E-state index contributed by atoms with van der Waals surface area (Å²) in [5.74, 6) is -0.958. The highest BCUT2D eigenvalue weighted by Crippen LogP contribution is 2.37. The van der Waals surface area contributed by atoms with Crippen LogP contribution in [0.5, 0.6) is 0 Å². The van der Waals surface area contributed by atoms with Crippen LogP contribution in [0.2, 0.25) is 18.1 Å². The highest BCUT2D eigenvalue weighted by molar-refractivity contribution is 9.10. The molecule has 1 aromatic heterocycles. The van der Waals surface area contributed by atoms with Gasteiger partial charge in [0.2, 0.25) is 0 Å². The van der Waals surface area contributed by atoms with Crippen LogP contribution >= 0.6 is 15.9 Å². The highest BCUT2D eigenvalue weighted by atomic mass is 79.9. The van der Waals surface area contributed by atoms with Crippen LogP contribution in [0, 0.1) is 5.82 Å². The maximum atomic E-state index is 14.3. The molecule has 1 atom stereocenters. The summed E-state index contributed by atoms with van der Waals surface area (Å²) in [6.45, 7) is 12.8. The van der Waals surface area contributed by atoms with Gasteiger partial charge in [-0.1, -0.05) is 36.7 Å². The van der Waals surface area contributed by atoms with E-state index in [9.17, 15) is 14.0 Å². The number of hydroxylamine groups is 1. The van der Waals surface area contributed by atoms with Gasteiger partial charge in [0, 0.05) is 17.6 Å². The van der Waals surface area contributed by atoms with Crippen LogP contribution in [-0.4, -0.2) is 31.5 Å². The molecular formula is C22H31BrFN3O4Si. The summed E-state index contributed by atoms with van der Waals surface area (Å²) in [6, 6.07) is 7.08. The van der Waals surface area contributed by atoms with E-state index in [1.54, 1.807) is 6.07 Å². The Labute approximate surface area is 197 Å². The second-order valence-corrected chi connectivity index (χ2v) is 14.8. The Kier molecular flexibility index (Phi) is 8.43. The summed E-state index contributed by atoms with van der Waals surface area (Å²) < 4.78 is 22.3. The van der Waals surface area contributed by atoms with Crippen molar-refractivity contribution in [1.29, 1.82) is 0 Å². The van der Waals surface area contributed by atoms with Gasteiger partial charge >= 0.3 is 0 Å². The van der Waals surface area contributed by atoms with E-state index >= 15 is 0 Å². The Morgan fingerprint density at radius 1 is 1.25 bits per heavy atom. The third kappa shape index (κ3) is 6.50. The number of hydrogen-bond donors (Lipinski definition) is 2. The first-order valence-electron chi connectivity index (χ1n) is 10.2. The lowest BCUT2D eigenvalue weighted by Gasteiger charge is -2.38. The molecule has 2 N–H and O–H groups in total. The van der Waals surface area contributed by atoms with Crippen molar-refractivity contribution >= 4 is 41.7 Å². The van der Waals surface area contributed by atoms with Gasteiger partial charge in [-0.15, -0.1) is 0 Å². The molecule has 0 radical (unpaired) electrons. The van der Waals surface area contributed by atoms with E-state index in [2.05, 4.69) is 60.6 Å². The van der Waals surface area contributed by atoms with Crippen LogP contribution in [0.25, 0.3) is 0 Å². The number of rotatable bonds is 8. The molecule has 0 fully saturated rings. The number of benzene rings is 1. The summed E-state index contributed by atoms with van der Waals surface area (Å²) in [7, 11) is -0.470. The van der Waals surface area contributed by atoms with Crippen LogP contribution in [0.1, 0.15) is 38.1 Å². The third-order valence-corrected chi connectivity index (χ3v) is 10.6. The maximum Gasteiger partial charge on any atom is 0.278 e. The zero-order valence-corrected chi connectivity index (χ0v) is 22.1. The maximum absolute atomic E-state index is 14.3. The number of nitrogens with zero attached hydrogens (tertiary/aromatic N) is 1. The smallest absolute Gasteiger partial charge is 0.278 e. The molecule has 0 spiro atoms. The molecule has 10 heteroatoms.